The van der Waals surface area contributed by atoms with Crippen LogP contribution in [0, 0.1) is 11.6 Å². The van der Waals surface area contributed by atoms with Gasteiger partial charge in [-0.05, 0) is 31.5 Å². The third kappa shape index (κ3) is 4.54. The van der Waals surface area contributed by atoms with Gasteiger partial charge in [-0.15, -0.1) is 0 Å². The van der Waals surface area contributed by atoms with Crippen LogP contribution < -0.4 is 10.6 Å². The smallest absolute Gasteiger partial charge is 0.309 e. The highest BCUT2D eigenvalue weighted by Crippen LogP contribution is 2.24. The molecule has 2 N–H and O–H groups in total. The first-order chi connectivity index (χ1) is 12.3. The quantitative estimate of drug-likeness (QED) is 0.685. The molecule has 26 heavy (non-hydrogen) atoms. The number of nitrogens with one attached hydrogen (secondary N) is 2. The Balaban J connectivity index is 2.18. The lowest BCUT2D eigenvalue weighted by Crippen LogP contribution is -2.53. The van der Waals surface area contributed by atoms with Crippen LogP contribution in [0.5, 0.6) is 0 Å². The number of benzene rings is 1. The molecule has 1 aliphatic heterocycles. The van der Waals surface area contributed by atoms with E-state index in [1.807, 2.05) is 0 Å². The SMILES string of the molecule is CCNC(=O)C(=O)NC[C@@H]1OCCCN1S(=O)(=O)c1cc(F)ccc1F. The Morgan fingerprint density at radius 3 is 2.65 bits per heavy atom. The lowest BCUT2D eigenvalue weighted by Gasteiger charge is -2.34. The summed E-state index contributed by atoms with van der Waals surface area (Å²) in [6.07, 6.45) is -0.800. The maximum atomic E-state index is 13.9. The van der Waals surface area contributed by atoms with Gasteiger partial charge in [0.05, 0.1) is 13.2 Å². The van der Waals surface area contributed by atoms with E-state index in [0.717, 1.165) is 16.4 Å². The van der Waals surface area contributed by atoms with Crippen molar-refractivity contribution in [1.29, 1.82) is 0 Å². The van der Waals surface area contributed by atoms with Gasteiger partial charge in [0, 0.05) is 13.1 Å². The first-order valence-electron chi connectivity index (χ1n) is 7.92. The Morgan fingerprint density at radius 1 is 1.27 bits per heavy atom. The molecular formula is C15H19F2N3O5S. The molecule has 1 atom stereocenters. The van der Waals surface area contributed by atoms with Gasteiger partial charge in [-0.3, -0.25) is 9.59 Å². The fraction of sp³-hybridized carbons (Fsp3) is 0.467. The van der Waals surface area contributed by atoms with Crippen LogP contribution in [0.15, 0.2) is 23.1 Å². The van der Waals surface area contributed by atoms with E-state index in [2.05, 4.69) is 10.6 Å². The third-order valence-electron chi connectivity index (χ3n) is 3.61. The molecule has 1 fully saturated rings. The van der Waals surface area contributed by atoms with Crippen LogP contribution in [-0.4, -0.2) is 57.0 Å². The first-order valence-corrected chi connectivity index (χ1v) is 9.36. The topological polar surface area (TPSA) is 105 Å². The van der Waals surface area contributed by atoms with Gasteiger partial charge in [0.25, 0.3) is 0 Å². The van der Waals surface area contributed by atoms with Gasteiger partial charge < -0.3 is 15.4 Å². The maximum absolute atomic E-state index is 13.9. The summed E-state index contributed by atoms with van der Waals surface area (Å²) in [5.41, 5.74) is 0. The number of carbonyl (C=O) groups excluding carboxylic acids is 2. The highest BCUT2D eigenvalue weighted by atomic mass is 32.2. The molecule has 0 saturated carbocycles. The molecule has 1 aliphatic rings. The van der Waals surface area contributed by atoms with Crippen molar-refractivity contribution in [2.75, 3.05) is 26.2 Å². The van der Waals surface area contributed by atoms with Gasteiger partial charge in [0.15, 0.2) is 0 Å². The van der Waals surface area contributed by atoms with E-state index < -0.39 is 44.6 Å². The van der Waals surface area contributed by atoms with Gasteiger partial charge in [0.1, 0.15) is 22.8 Å². The molecule has 1 saturated heterocycles. The molecule has 0 bridgehead atoms. The standard InChI is InChI=1S/C15H19F2N3O5S/c1-2-18-14(21)15(22)19-9-13-20(6-3-7-25-13)26(23,24)12-8-10(16)4-5-11(12)17/h4-5,8,13H,2-3,6-7,9H2,1H3,(H,18,21)(H,19,22)/t13-/m0/s1. The summed E-state index contributed by atoms with van der Waals surface area (Å²) >= 11 is 0. The summed E-state index contributed by atoms with van der Waals surface area (Å²) in [5, 5.41) is 4.57. The second-order valence-corrected chi connectivity index (χ2v) is 7.30. The molecule has 11 heteroatoms. The van der Waals surface area contributed by atoms with Crippen LogP contribution >= 0.6 is 0 Å². The van der Waals surface area contributed by atoms with Crippen molar-refractivity contribution >= 4 is 21.8 Å². The van der Waals surface area contributed by atoms with E-state index in [1.165, 1.54) is 0 Å². The molecular weight excluding hydrogens is 372 g/mol. The number of nitrogens with zero attached hydrogens (tertiary/aromatic N) is 1. The van der Waals surface area contributed by atoms with Crippen molar-refractivity contribution in [2.45, 2.75) is 24.5 Å². The monoisotopic (exact) mass is 391 g/mol. The van der Waals surface area contributed by atoms with Gasteiger partial charge in [-0.1, -0.05) is 0 Å². The second-order valence-electron chi connectivity index (χ2n) is 5.44. The van der Waals surface area contributed by atoms with E-state index in [-0.39, 0.29) is 26.2 Å². The summed E-state index contributed by atoms with van der Waals surface area (Å²) in [6.45, 7) is 1.80. The van der Waals surface area contributed by atoms with E-state index in [4.69, 9.17) is 4.74 Å². The number of likely N-dealkylation sites (N-methyl/N-ethyl adjacent to an activating group) is 1. The minimum Gasteiger partial charge on any atom is -0.360 e. The lowest BCUT2D eigenvalue weighted by molar-refractivity contribution is -0.140. The molecule has 0 radical (unpaired) electrons. The van der Waals surface area contributed by atoms with Crippen molar-refractivity contribution in [2.24, 2.45) is 0 Å². The zero-order valence-corrected chi connectivity index (χ0v) is 14.8. The fourth-order valence-corrected chi connectivity index (χ4v) is 4.05. The summed E-state index contributed by atoms with van der Waals surface area (Å²) in [6, 6.07) is 2.12. The normalized spacial score (nSPS) is 18.3. The summed E-state index contributed by atoms with van der Waals surface area (Å²) < 4.78 is 58.9. The molecule has 1 aromatic carbocycles. The van der Waals surface area contributed by atoms with Crippen LogP contribution in [0.3, 0.4) is 0 Å². The minimum atomic E-state index is -4.40. The predicted octanol–water partition coefficient (Wildman–Crippen LogP) is -0.0458. The van der Waals surface area contributed by atoms with E-state index in [1.54, 1.807) is 6.92 Å². The number of halogens is 2. The second kappa shape index (κ2) is 8.52. The highest BCUT2D eigenvalue weighted by molar-refractivity contribution is 7.89. The van der Waals surface area contributed by atoms with Crippen LogP contribution in [-0.2, 0) is 24.3 Å². The number of carbonyl (C=O) groups is 2. The molecule has 1 heterocycles. The van der Waals surface area contributed by atoms with Crippen LogP contribution in [0.1, 0.15) is 13.3 Å². The Bertz CT molecular complexity index is 787. The Kier molecular flexibility index (Phi) is 6.62. The van der Waals surface area contributed by atoms with Crippen LogP contribution in [0.2, 0.25) is 0 Å². The number of ether oxygens (including phenoxy) is 1. The van der Waals surface area contributed by atoms with Crippen molar-refractivity contribution < 1.29 is 31.5 Å². The molecule has 8 nitrogen and oxygen atoms in total. The zero-order chi connectivity index (χ0) is 19.3. The molecule has 2 amide bonds. The largest absolute Gasteiger partial charge is 0.360 e. The minimum absolute atomic E-state index is 0.0000196. The summed E-state index contributed by atoms with van der Waals surface area (Å²) in [4.78, 5) is 22.2. The number of amides is 2. The molecule has 0 unspecified atom stereocenters. The average Bonchev–Trinajstić information content (AvgIpc) is 2.62. The van der Waals surface area contributed by atoms with E-state index >= 15 is 0 Å². The Morgan fingerprint density at radius 2 is 1.96 bits per heavy atom. The number of sulfonamides is 1. The third-order valence-corrected chi connectivity index (χ3v) is 5.52. The van der Waals surface area contributed by atoms with Crippen LogP contribution in [0.25, 0.3) is 0 Å². The Labute approximate surface area is 149 Å². The lowest BCUT2D eigenvalue weighted by atomic mass is 10.3. The molecule has 0 spiro atoms. The van der Waals surface area contributed by atoms with Gasteiger partial charge in [0.2, 0.25) is 10.0 Å². The van der Waals surface area contributed by atoms with Crippen molar-refractivity contribution in [3.63, 3.8) is 0 Å². The fourth-order valence-electron chi connectivity index (χ4n) is 2.40. The molecule has 1 aromatic rings. The molecule has 2 rings (SSSR count). The van der Waals surface area contributed by atoms with Gasteiger partial charge in [-0.25, -0.2) is 17.2 Å². The first kappa shape index (κ1) is 20.2. The Hall–Kier alpha value is -2.11. The molecule has 0 aliphatic carbocycles. The summed E-state index contributed by atoms with van der Waals surface area (Å²) in [7, 11) is -4.40. The predicted molar refractivity (Wildman–Crippen MR) is 86.3 cm³/mol. The molecule has 144 valence electrons. The van der Waals surface area contributed by atoms with Crippen LogP contribution in [0.4, 0.5) is 8.78 Å². The van der Waals surface area contributed by atoms with E-state index in [9.17, 15) is 26.8 Å². The maximum Gasteiger partial charge on any atom is 0.309 e. The molecule has 0 aromatic heterocycles. The number of hydrogen-bond donors (Lipinski definition) is 2. The zero-order valence-electron chi connectivity index (χ0n) is 14.0. The summed E-state index contributed by atoms with van der Waals surface area (Å²) in [5.74, 6) is -3.81. The number of rotatable bonds is 5. The van der Waals surface area contributed by atoms with Gasteiger partial charge in [-0.2, -0.15) is 4.31 Å². The van der Waals surface area contributed by atoms with Crippen molar-refractivity contribution in [3.8, 4) is 0 Å². The van der Waals surface area contributed by atoms with Gasteiger partial charge >= 0.3 is 11.8 Å². The highest BCUT2D eigenvalue weighted by Gasteiger charge is 2.36. The average molecular weight is 391 g/mol. The van der Waals surface area contributed by atoms with E-state index in [0.29, 0.717) is 12.5 Å². The van der Waals surface area contributed by atoms with Crippen molar-refractivity contribution in [3.05, 3.63) is 29.8 Å². The number of hydrogen-bond acceptors (Lipinski definition) is 5. The van der Waals surface area contributed by atoms with Crippen molar-refractivity contribution in [1.82, 2.24) is 14.9 Å².